The third kappa shape index (κ3) is 2.93. The fourth-order valence-electron chi connectivity index (χ4n) is 1.42. The van der Waals surface area contributed by atoms with Gasteiger partial charge in [-0.05, 0) is 37.6 Å². The van der Waals surface area contributed by atoms with E-state index >= 15 is 0 Å². The molecule has 2 aromatic heterocycles. The number of aromatic nitrogens is 2. The van der Waals surface area contributed by atoms with E-state index in [0.717, 1.165) is 17.1 Å². The molecule has 0 radical (unpaired) electrons. The Hall–Kier alpha value is -2.10. The summed E-state index contributed by atoms with van der Waals surface area (Å²) in [5.74, 6) is 2.18. The molecule has 4 heteroatoms. The SMILES string of the molecule is CCOc1cccnc1Nc1ccc(C)cn1. The normalized spacial score (nSPS) is 10.0. The number of aryl methyl sites for hydroxylation is 1. The number of hydrogen-bond donors (Lipinski definition) is 1. The number of nitrogens with one attached hydrogen (secondary N) is 1. The highest BCUT2D eigenvalue weighted by Gasteiger charge is 2.04. The number of rotatable bonds is 4. The molecular formula is C13H15N3O. The lowest BCUT2D eigenvalue weighted by Gasteiger charge is -2.10. The van der Waals surface area contributed by atoms with Gasteiger partial charge in [-0.2, -0.15) is 0 Å². The zero-order chi connectivity index (χ0) is 12.1. The van der Waals surface area contributed by atoms with E-state index in [2.05, 4.69) is 15.3 Å². The number of anilines is 2. The van der Waals surface area contributed by atoms with Crippen LogP contribution in [0.2, 0.25) is 0 Å². The van der Waals surface area contributed by atoms with Crippen LogP contribution in [-0.2, 0) is 0 Å². The first-order valence-electron chi connectivity index (χ1n) is 5.57. The van der Waals surface area contributed by atoms with Crippen molar-refractivity contribution in [2.75, 3.05) is 11.9 Å². The average molecular weight is 229 g/mol. The smallest absolute Gasteiger partial charge is 0.174 e. The van der Waals surface area contributed by atoms with Crippen LogP contribution in [-0.4, -0.2) is 16.6 Å². The summed E-state index contributed by atoms with van der Waals surface area (Å²) in [6.07, 6.45) is 3.53. The van der Waals surface area contributed by atoms with Crippen LogP contribution in [0.4, 0.5) is 11.6 Å². The molecule has 0 bridgehead atoms. The lowest BCUT2D eigenvalue weighted by Crippen LogP contribution is -2.00. The van der Waals surface area contributed by atoms with E-state index in [9.17, 15) is 0 Å². The molecule has 0 spiro atoms. The van der Waals surface area contributed by atoms with Crippen LogP contribution in [0.15, 0.2) is 36.7 Å². The summed E-state index contributed by atoms with van der Waals surface area (Å²) < 4.78 is 5.48. The first kappa shape index (κ1) is 11.4. The average Bonchev–Trinajstić information content (AvgIpc) is 2.35. The van der Waals surface area contributed by atoms with E-state index in [1.165, 1.54) is 0 Å². The quantitative estimate of drug-likeness (QED) is 0.875. The maximum Gasteiger partial charge on any atom is 0.174 e. The van der Waals surface area contributed by atoms with Gasteiger partial charge in [-0.3, -0.25) is 0 Å². The van der Waals surface area contributed by atoms with Crippen molar-refractivity contribution in [3.63, 3.8) is 0 Å². The molecule has 88 valence electrons. The lowest BCUT2D eigenvalue weighted by molar-refractivity contribution is 0.341. The summed E-state index contributed by atoms with van der Waals surface area (Å²) in [7, 11) is 0. The summed E-state index contributed by atoms with van der Waals surface area (Å²) in [5, 5.41) is 3.14. The topological polar surface area (TPSA) is 47.0 Å². The van der Waals surface area contributed by atoms with E-state index in [0.29, 0.717) is 12.4 Å². The van der Waals surface area contributed by atoms with Crippen molar-refractivity contribution in [3.8, 4) is 5.75 Å². The second-order valence-corrected chi connectivity index (χ2v) is 3.63. The van der Waals surface area contributed by atoms with Gasteiger partial charge in [0.15, 0.2) is 11.6 Å². The van der Waals surface area contributed by atoms with Gasteiger partial charge < -0.3 is 10.1 Å². The monoisotopic (exact) mass is 229 g/mol. The molecule has 0 atom stereocenters. The molecule has 0 saturated carbocycles. The molecule has 0 aliphatic heterocycles. The van der Waals surface area contributed by atoms with Crippen molar-refractivity contribution in [3.05, 3.63) is 42.2 Å². The molecule has 0 aliphatic rings. The van der Waals surface area contributed by atoms with Crippen molar-refractivity contribution < 1.29 is 4.74 Å². The molecule has 2 aromatic rings. The fraction of sp³-hybridized carbons (Fsp3) is 0.231. The minimum Gasteiger partial charge on any atom is -0.490 e. The van der Waals surface area contributed by atoms with Crippen molar-refractivity contribution in [2.45, 2.75) is 13.8 Å². The lowest BCUT2D eigenvalue weighted by atomic mass is 10.3. The van der Waals surface area contributed by atoms with Gasteiger partial charge in [0.1, 0.15) is 5.82 Å². The fourth-order valence-corrected chi connectivity index (χ4v) is 1.42. The van der Waals surface area contributed by atoms with Crippen LogP contribution in [0, 0.1) is 6.92 Å². The van der Waals surface area contributed by atoms with Gasteiger partial charge in [0.2, 0.25) is 0 Å². The molecule has 0 aromatic carbocycles. The van der Waals surface area contributed by atoms with Gasteiger partial charge in [-0.15, -0.1) is 0 Å². The van der Waals surface area contributed by atoms with E-state index < -0.39 is 0 Å². The highest BCUT2D eigenvalue weighted by molar-refractivity contribution is 5.59. The Balaban J connectivity index is 2.20. The zero-order valence-corrected chi connectivity index (χ0v) is 9.97. The molecule has 17 heavy (non-hydrogen) atoms. The predicted molar refractivity (Wildman–Crippen MR) is 67.7 cm³/mol. The second kappa shape index (κ2) is 5.30. The molecule has 2 rings (SSSR count). The van der Waals surface area contributed by atoms with Gasteiger partial charge in [-0.25, -0.2) is 9.97 Å². The molecule has 1 N–H and O–H groups in total. The van der Waals surface area contributed by atoms with E-state index in [1.54, 1.807) is 6.20 Å². The molecule has 0 aliphatic carbocycles. The highest BCUT2D eigenvalue weighted by Crippen LogP contribution is 2.23. The first-order valence-corrected chi connectivity index (χ1v) is 5.57. The first-order chi connectivity index (χ1) is 8.29. The Kier molecular flexibility index (Phi) is 3.55. The van der Waals surface area contributed by atoms with Crippen LogP contribution in [0.3, 0.4) is 0 Å². The third-order valence-electron chi connectivity index (χ3n) is 2.23. The van der Waals surface area contributed by atoms with Gasteiger partial charge in [0, 0.05) is 12.4 Å². The summed E-state index contributed by atoms with van der Waals surface area (Å²) in [4.78, 5) is 8.51. The maximum absolute atomic E-state index is 5.48. The van der Waals surface area contributed by atoms with E-state index in [1.807, 2.05) is 44.3 Å². The molecule has 0 unspecified atom stereocenters. The molecule has 0 saturated heterocycles. The van der Waals surface area contributed by atoms with Gasteiger partial charge >= 0.3 is 0 Å². The number of pyridine rings is 2. The van der Waals surface area contributed by atoms with Crippen LogP contribution in [0.5, 0.6) is 5.75 Å². The van der Waals surface area contributed by atoms with Crippen LogP contribution < -0.4 is 10.1 Å². The van der Waals surface area contributed by atoms with Crippen molar-refractivity contribution >= 4 is 11.6 Å². The van der Waals surface area contributed by atoms with Crippen LogP contribution in [0.1, 0.15) is 12.5 Å². The Morgan fingerprint density at radius 1 is 1.24 bits per heavy atom. The van der Waals surface area contributed by atoms with Crippen molar-refractivity contribution in [2.24, 2.45) is 0 Å². The Morgan fingerprint density at radius 3 is 2.82 bits per heavy atom. The summed E-state index contributed by atoms with van der Waals surface area (Å²) in [6.45, 7) is 4.56. The Bertz CT molecular complexity index is 482. The largest absolute Gasteiger partial charge is 0.490 e. The minimum atomic E-state index is 0.613. The third-order valence-corrected chi connectivity index (χ3v) is 2.23. The predicted octanol–water partition coefficient (Wildman–Crippen LogP) is 2.93. The molecular weight excluding hydrogens is 214 g/mol. The van der Waals surface area contributed by atoms with Gasteiger partial charge in [0.25, 0.3) is 0 Å². The van der Waals surface area contributed by atoms with Gasteiger partial charge in [0.05, 0.1) is 6.61 Å². The molecule has 0 fully saturated rings. The summed E-state index contributed by atoms with van der Waals surface area (Å²) in [6, 6.07) is 7.64. The summed E-state index contributed by atoms with van der Waals surface area (Å²) >= 11 is 0. The van der Waals surface area contributed by atoms with Crippen molar-refractivity contribution in [1.82, 2.24) is 9.97 Å². The molecule has 2 heterocycles. The highest BCUT2D eigenvalue weighted by atomic mass is 16.5. The standard InChI is InChI=1S/C13H15N3O/c1-3-17-11-5-4-8-14-13(11)16-12-7-6-10(2)9-15-12/h4-9H,3H2,1-2H3,(H,14,15,16). The molecule has 0 amide bonds. The van der Waals surface area contributed by atoms with E-state index in [4.69, 9.17) is 4.74 Å². The Morgan fingerprint density at radius 2 is 2.12 bits per heavy atom. The maximum atomic E-state index is 5.48. The Labute approximate surface area is 101 Å². The van der Waals surface area contributed by atoms with Gasteiger partial charge in [-0.1, -0.05) is 6.07 Å². The number of ether oxygens (including phenoxy) is 1. The number of nitrogens with zero attached hydrogens (tertiary/aromatic N) is 2. The second-order valence-electron chi connectivity index (χ2n) is 3.63. The molecule has 4 nitrogen and oxygen atoms in total. The van der Waals surface area contributed by atoms with E-state index in [-0.39, 0.29) is 0 Å². The minimum absolute atomic E-state index is 0.613. The summed E-state index contributed by atoms with van der Waals surface area (Å²) in [5.41, 5.74) is 1.13. The van der Waals surface area contributed by atoms with Crippen LogP contribution in [0.25, 0.3) is 0 Å². The zero-order valence-electron chi connectivity index (χ0n) is 9.97. The number of hydrogen-bond acceptors (Lipinski definition) is 4. The van der Waals surface area contributed by atoms with Crippen LogP contribution >= 0.6 is 0 Å². The van der Waals surface area contributed by atoms with Crippen molar-refractivity contribution in [1.29, 1.82) is 0 Å².